The van der Waals surface area contributed by atoms with Crippen LogP contribution < -0.4 is 11.1 Å². The van der Waals surface area contributed by atoms with Crippen LogP contribution in [0.2, 0.25) is 0 Å². The molecular weight excluding hydrogens is 274 g/mol. The molecule has 0 spiro atoms. The zero-order chi connectivity index (χ0) is 14.9. The van der Waals surface area contributed by atoms with E-state index in [9.17, 15) is 9.90 Å². The van der Waals surface area contributed by atoms with Crippen LogP contribution in [0.3, 0.4) is 0 Å². The van der Waals surface area contributed by atoms with E-state index in [0.29, 0.717) is 11.5 Å². The topological polar surface area (TPSA) is 88.2 Å². The van der Waals surface area contributed by atoms with Gasteiger partial charge in [0.05, 0.1) is 17.9 Å². The van der Waals surface area contributed by atoms with Crippen molar-refractivity contribution in [2.45, 2.75) is 26.8 Å². The number of carbonyl (C=O) groups is 1. The monoisotopic (exact) mass is 291 g/mol. The van der Waals surface area contributed by atoms with E-state index in [0.717, 1.165) is 5.56 Å². The molecule has 0 radical (unpaired) electrons. The minimum atomic E-state index is -1.04. The molecule has 0 aromatic carbocycles. The standard InChI is InChI=1S/C14H17N3O2S/c1-7-4-11(9(3)20-7)8(2)17-13-12(14(18)19)5-10(15)6-16-13/h4-6,8H,15H2,1-3H3,(H,16,17)(H,18,19). The van der Waals surface area contributed by atoms with Gasteiger partial charge >= 0.3 is 5.97 Å². The largest absolute Gasteiger partial charge is 0.478 e. The van der Waals surface area contributed by atoms with E-state index in [4.69, 9.17) is 5.73 Å². The van der Waals surface area contributed by atoms with E-state index in [1.165, 1.54) is 22.0 Å². The van der Waals surface area contributed by atoms with Crippen molar-refractivity contribution in [3.05, 3.63) is 39.2 Å². The molecule has 0 amide bonds. The smallest absolute Gasteiger partial charge is 0.339 e. The van der Waals surface area contributed by atoms with E-state index in [1.54, 1.807) is 11.3 Å². The van der Waals surface area contributed by atoms with E-state index in [-0.39, 0.29) is 11.6 Å². The molecule has 0 aliphatic heterocycles. The lowest BCUT2D eigenvalue weighted by Gasteiger charge is -2.16. The highest BCUT2D eigenvalue weighted by molar-refractivity contribution is 7.12. The third kappa shape index (κ3) is 2.91. The molecule has 0 bridgehead atoms. The van der Waals surface area contributed by atoms with Crippen LogP contribution in [0.1, 0.15) is 38.6 Å². The molecule has 2 aromatic rings. The summed E-state index contributed by atoms with van der Waals surface area (Å²) in [5, 5.41) is 12.3. The molecule has 1 atom stereocenters. The van der Waals surface area contributed by atoms with Crippen molar-refractivity contribution in [1.82, 2.24) is 4.98 Å². The fourth-order valence-corrected chi connectivity index (χ4v) is 3.14. The highest BCUT2D eigenvalue weighted by Gasteiger charge is 2.16. The number of hydrogen-bond donors (Lipinski definition) is 3. The van der Waals surface area contributed by atoms with Gasteiger partial charge in [0.1, 0.15) is 11.4 Å². The Balaban J connectivity index is 2.30. The SMILES string of the molecule is Cc1cc(C(C)Nc2ncc(N)cc2C(=O)O)c(C)s1. The number of nitrogens with one attached hydrogen (secondary N) is 1. The summed E-state index contributed by atoms with van der Waals surface area (Å²) in [4.78, 5) is 17.8. The van der Waals surface area contributed by atoms with Crippen LogP contribution >= 0.6 is 11.3 Å². The number of hydrogen-bond acceptors (Lipinski definition) is 5. The van der Waals surface area contributed by atoms with E-state index in [2.05, 4.69) is 30.2 Å². The van der Waals surface area contributed by atoms with Gasteiger partial charge in [-0.2, -0.15) is 0 Å². The van der Waals surface area contributed by atoms with Crippen molar-refractivity contribution in [2.75, 3.05) is 11.1 Å². The molecule has 20 heavy (non-hydrogen) atoms. The number of nitrogen functional groups attached to an aromatic ring is 1. The van der Waals surface area contributed by atoms with E-state index in [1.807, 2.05) is 6.92 Å². The highest BCUT2D eigenvalue weighted by Crippen LogP contribution is 2.29. The van der Waals surface area contributed by atoms with Gasteiger partial charge < -0.3 is 16.2 Å². The van der Waals surface area contributed by atoms with Crippen LogP contribution in [0, 0.1) is 13.8 Å². The second-order valence-electron chi connectivity index (χ2n) is 4.70. The zero-order valence-corrected chi connectivity index (χ0v) is 12.4. The number of nitrogens with zero attached hydrogens (tertiary/aromatic N) is 1. The summed E-state index contributed by atoms with van der Waals surface area (Å²) in [6.07, 6.45) is 1.45. The van der Waals surface area contributed by atoms with Gasteiger partial charge in [0.25, 0.3) is 0 Å². The summed E-state index contributed by atoms with van der Waals surface area (Å²) in [5.41, 5.74) is 7.16. The Morgan fingerprint density at radius 2 is 2.15 bits per heavy atom. The number of aryl methyl sites for hydroxylation is 2. The van der Waals surface area contributed by atoms with Crippen LogP contribution in [0.25, 0.3) is 0 Å². The van der Waals surface area contributed by atoms with E-state index < -0.39 is 5.97 Å². The molecule has 6 heteroatoms. The molecule has 4 N–H and O–H groups in total. The van der Waals surface area contributed by atoms with Crippen LogP contribution in [0.4, 0.5) is 11.5 Å². The highest BCUT2D eigenvalue weighted by atomic mass is 32.1. The van der Waals surface area contributed by atoms with Crippen LogP contribution in [0.15, 0.2) is 18.3 Å². The summed E-state index contributed by atoms with van der Waals surface area (Å²) >= 11 is 1.72. The third-order valence-electron chi connectivity index (χ3n) is 3.04. The number of carboxylic acids is 1. The van der Waals surface area contributed by atoms with Crippen molar-refractivity contribution >= 4 is 28.8 Å². The number of thiophene rings is 1. The van der Waals surface area contributed by atoms with Gasteiger partial charge in [-0.1, -0.05) is 0 Å². The Morgan fingerprint density at radius 3 is 2.70 bits per heavy atom. The first-order valence-electron chi connectivity index (χ1n) is 6.20. The molecule has 2 rings (SSSR count). The molecule has 0 saturated carbocycles. The lowest BCUT2D eigenvalue weighted by Crippen LogP contribution is -2.13. The third-order valence-corrected chi connectivity index (χ3v) is 4.02. The van der Waals surface area contributed by atoms with Crippen LogP contribution in [-0.2, 0) is 0 Å². The number of aromatic nitrogens is 1. The van der Waals surface area contributed by atoms with Gasteiger partial charge in [-0.3, -0.25) is 0 Å². The zero-order valence-electron chi connectivity index (χ0n) is 11.6. The van der Waals surface area contributed by atoms with Crippen LogP contribution in [-0.4, -0.2) is 16.1 Å². The fourth-order valence-electron chi connectivity index (χ4n) is 2.12. The Bertz CT molecular complexity index is 652. The van der Waals surface area contributed by atoms with Gasteiger partial charge in [0.2, 0.25) is 0 Å². The number of pyridine rings is 1. The first kappa shape index (κ1) is 14.3. The van der Waals surface area contributed by atoms with E-state index >= 15 is 0 Å². The summed E-state index contributed by atoms with van der Waals surface area (Å²) < 4.78 is 0. The van der Waals surface area contributed by atoms with Gasteiger partial charge in [0.15, 0.2) is 0 Å². The molecule has 1 unspecified atom stereocenters. The van der Waals surface area contributed by atoms with Gasteiger partial charge in [-0.25, -0.2) is 9.78 Å². The van der Waals surface area contributed by atoms with Crippen molar-refractivity contribution in [2.24, 2.45) is 0 Å². The first-order valence-corrected chi connectivity index (χ1v) is 7.02. The fraction of sp³-hybridized carbons (Fsp3) is 0.286. The minimum absolute atomic E-state index is 0.0193. The predicted molar refractivity (Wildman–Crippen MR) is 81.4 cm³/mol. The number of nitrogens with two attached hydrogens (primary N) is 1. The Morgan fingerprint density at radius 1 is 1.45 bits per heavy atom. The molecule has 5 nitrogen and oxygen atoms in total. The molecule has 0 aliphatic carbocycles. The minimum Gasteiger partial charge on any atom is -0.478 e. The Labute approximate surface area is 121 Å². The second-order valence-corrected chi connectivity index (χ2v) is 6.17. The molecule has 0 aliphatic rings. The van der Waals surface area contributed by atoms with Crippen molar-refractivity contribution < 1.29 is 9.90 Å². The molecule has 2 aromatic heterocycles. The van der Waals surface area contributed by atoms with Gasteiger partial charge in [-0.05, 0) is 38.5 Å². The quantitative estimate of drug-likeness (QED) is 0.805. The lowest BCUT2D eigenvalue weighted by atomic mass is 10.1. The van der Waals surface area contributed by atoms with Gasteiger partial charge in [0, 0.05) is 9.75 Å². The van der Waals surface area contributed by atoms with Crippen molar-refractivity contribution in [3.63, 3.8) is 0 Å². The normalized spacial score (nSPS) is 12.2. The molecule has 2 heterocycles. The number of anilines is 2. The second kappa shape index (κ2) is 5.50. The average Bonchev–Trinajstić information content (AvgIpc) is 2.70. The lowest BCUT2D eigenvalue weighted by molar-refractivity contribution is 0.0697. The summed E-state index contributed by atoms with van der Waals surface area (Å²) in [6.45, 7) is 6.09. The number of aromatic carboxylic acids is 1. The Hall–Kier alpha value is -2.08. The molecular formula is C14H17N3O2S. The summed E-state index contributed by atoms with van der Waals surface area (Å²) in [5.74, 6) is -0.708. The molecule has 106 valence electrons. The average molecular weight is 291 g/mol. The first-order chi connectivity index (χ1) is 9.38. The number of carboxylic acid groups (broad SMARTS) is 1. The van der Waals surface area contributed by atoms with Gasteiger partial charge in [-0.15, -0.1) is 11.3 Å². The van der Waals surface area contributed by atoms with Crippen LogP contribution in [0.5, 0.6) is 0 Å². The molecule has 0 fully saturated rings. The number of rotatable bonds is 4. The maximum absolute atomic E-state index is 11.2. The summed E-state index contributed by atoms with van der Waals surface area (Å²) in [7, 11) is 0. The van der Waals surface area contributed by atoms with Crippen molar-refractivity contribution in [1.29, 1.82) is 0 Å². The maximum atomic E-state index is 11.2. The Kier molecular flexibility index (Phi) is 3.94. The predicted octanol–water partition coefficient (Wildman–Crippen LogP) is 3.21. The molecule has 0 saturated heterocycles. The maximum Gasteiger partial charge on any atom is 0.339 e. The summed E-state index contributed by atoms with van der Waals surface area (Å²) in [6, 6.07) is 3.50. The van der Waals surface area contributed by atoms with Crippen molar-refractivity contribution in [3.8, 4) is 0 Å².